The number of rotatable bonds is 2. The molecule has 0 radical (unpaired) electrons. The summed E-state index contributed by atoms with van der Waals surface area (Å²) in [6.07, 6.45) is 3.77. The van der Waals surface area contributed by atoms with E-state index in [2.05, 4.69) is 15.5 Å². The molecule has 1 aliphatic heterocycles. The molecule has 0 unspecified atom stereocenters. The van der Waals surface area contributed by atoms with Crippen molar-refractivity contribution < 1.29 is 4.79 Å². The van der Waals surface area contributed by atoms with Crippen molar-refractivity contribution in [3.05, 3.63) is 17.5 Å². The summed E-state index contributed by atoms with van der Waals surface area (Å²) in [6.45, 7) is 2.03. The Morgan fingerprint density at radius 3 is 2.75 bits per heavy atom. The highest BCUT2D eigenvalue weighted by molar-refractivity contribution is 5.94. The molecule has 0 bridgehead atoms. The van der Waals surface area contributed by atoms with Crippen LogP contribution in [0.4, 0.5) is 0 Å². The Labute approximate surface area is 95.2 Å². The minimum atomic E-state index is 0.0299. The molecular formula is C11H18N4O. The predicted octanol–water partition coefficient (Wildman–Crippen LogP) is 0.579. The molecule has 2 N–H and O–H groups in total. The quantitative estimate of drug-likeness (QED) is 0.769. The molecule has 16 heavy (non-hydrogen) atoms. The lowest BCUT2D eigenvalue weighted by molar-refractivity contribution is 0.0826. The van der Waals surface area contributed by atoms with Gasteiger partial charge in [-0.15, -0.1) is 0 Å². The Kier molecular flexibility index (Phi) is 3.24. The van der Waals surface area contributed by atoms with Crippen LogP contribution in [-0.4, -0.2) is 48.2 Å². The molecule has 5 heteroatoms. The van der Waals surface area contributed by atoms with Gasteiger partial charge in [-0.25, -0.2) is 0 Å². The van der Waals surface area contributed by atoms with E-state index >= 15 is 0 Å². The van der Waals surface area contributed by atoms with Crippen molar-refractivity contribution >= 4 is 5.91 Å². The van der Waals surface area contributed by atoms with E-state index in [1.807, 2.05) is 0 Å². The average molecular weight is 222 g/mol. The molecule has 2 rings (SSSR count). The third-order valence-corrected chi connectivity index (χ3v) is 3.05. The highest BCUT2D eigenvalue weighted by Crippen LogP contribution is 2.26. The first-order valence-corrected chi connectivity index (χ1v) is 5.65. The van der Waals surface area contributed by atoms with Gasteiger partial charge in [-0.1, -0.05) is 0 Å². The number of nitrogens with one attached hydrogen (secondary N) is 2. The van der Waals surface area contributed by atoms with E-state index in [9.17, 15) is 4.79 Å². The number of nitrogens with zero attached hydrogens (tertiary/aromatic N) is 2. The summed E-state index contributed by atoms with van der Waals surface area (Å²) in [5.41, 5.74) is 1.72. The fourth-order valence-corrected chi connectivity index (χ4v) is 2.13. The molecule has 0 aromatic carbocycles. The lowest BCUT2D eigenvalue weighted by Gasteiger charge is -2.22. The van der Waals surface area contributed by atoms with E-state index in [0.29, 0.717) is 5.92 Å². The van der Waals surface area contributed by atoms with Crippen molar-refractivity contribution in [3.8, 4) is 0 Å². The summed E-state index contributed by atoms with van der Waals surface area (Å²) >= 11 is 0. The van der Waals surface area contributed by atoms with Crippen LogP contribution in [0.5, 0.6) is 0 Å². The Balaban J connectivity index is 2.21. The summed E-state index contributed by atoms with van der Waals surface area (Å²) in [5.74, 6) is 0.463. The largest absolute Gasteiger partial charge is 0.345 e. The Morgan fingerprint density at radius 1 is 1.44 bits per heavy atom. The van der Waals surface area contributed by atoms with Gasteiger partial charge in [0.2, 0.25) is 0 Å². The normalized spacial score (nSPS) is 17.4. The molecule has 88 valence electrons. The highest BCUT2D eigenvalue weighted by Gasteiger charge is 2.23. The van der Waals surface area contributed by atoms with Gasteiger partial charge in [0.05, 0.1) is 17.5 Å². The second-order valence-corrected chi connectivity index (χ2v) is 4.42. The van der Waals surface area contributed by atoms with Crippen LogP contribution in [0, 0.1) is 0 Å². The van der Waals surface area contributed by atoms with E-state index in [1.54, 1.807) is 25.2 Å². The van der Waals surface area contributed by atoms with E-state index in [4.69, 9.17) is 0 Å². The van der Waals surface area contributed by atoms with E-state index in [-0.39, 0.29) is 5.91 Å². The topological polar surface area (TPSA) is 61.0 Å². The van der Waals surface area contributed by atoms with Gasteiger partial charge in [-0.3, -0.25) is 9.89 Å². The standard InChI is InChI=1S/C11H18N4O/c1-15(2)11(16)9-7-13-14-10(9)8-3-5-12-6-4-8/h7-8,12H,3-6H2,1-2H3,(H,13,14). The maximum atomic E-state index is 11.9. The second-order valence-electron chi connectivity index (χ2n) is 4.42. The van der Waals surface area contributed by atoms with Crippen molar-refractivity contribution in [1.29, 1.82) is 0 Å². The number of H-pyrrole nitrogens is 1. The third kappa shape index (κ3) is 2.09. The van der Waals surface area contributed by atoms with Crippen molar-refractivity contribution in [1.82, 2.24) is 20.4 Å². The molecule has 1 aliphatic rings. The minimum Gasteiger partial charge on any atom is -0.345 e. The van der Waals surface area contributed by atoms with Crippen LogP contribution < -0.4 is 5.32 Å². The van der Waals surface area contributed by atoms with Crippen LogP contribution >= 0.6 is 0 Å². The van der Waals surface area contributed by atoms with Gasteiger partial charge in [-0.2, -0.15) is 5.10 Å². The summed E-state index contributed by atoms with van der Waals surface area (Å²) in [7, 11) is 3.53. The first kappa shape index (κ1) is 11.1. The second kappa shape index (κ2) is 4.65. The summed E-state index contributed by atoms with van der Waals surface area (Å²) < 4.78 is 0. The first-order valence-electron chi connectivity index (χ1n) is 5.65. The molecule has 5 nitrogen and oxygen atoms in total. The molecule has 2 heterocycles. The molecule has 1 aromatic heterocycles. The zero-order valence-corrected chi connectivity index (χ0v) is 9.79. The van der Waals surface area contributed by atoms with Crippen molar-refractivity contribution in [3.63, 3.8) is 0 Å². The Morgan fingerprint density at radius 2 is 2.12 bits per heavy atom. The van der Waals surface area contributed by atoms with E-state index in [0.717, 1.165) is 37.2 Å². The SMILES string of the molecule is CN(C)C(=O)c1cn[nH]c1C1CCNCC1. The van der Waals surface area contributed by atoms with Crippen LogP contribution in [0.2, 0.25) is 0 Å². The fourth-order valence-electron chi connectivity index (χ4n) is 2.13. The summed E-state index contributed by atoms with van der Waals surface area (Å²) in [4.78, 5) is 13.5. The number of aromatic nitrogens is 2. The van der Waals surface area contributed by atoms with Crippen LogP contribution in [-0.2, 0) is 0 Å². The third-order valence-electron chi connectivity index (χ3n) is 3.05. The lowest BCUT2D eigenvalue weighted by atomic mass is 9.92. The monoisotopic (exact) mass is 222 g/mol. The van der Waals surface area contributed by atoms with Crippen molar-refractivity contribution in [2.24, 2.45) is 0 Å². The maximum Gasteiger partial charge on any atom is 0.256 e. The first-order chi connectivity index (χ1) is 7.70. The molecule has 0 atom stereocenters. The van der Waals surface area contributed by atoms with Crippen molar-refractivity contribution in [2.75, 3.05) is 27.2 Å². The highest BCUT2D eigenvalue weighted by atomic mass is 16.2. The number of aromatic amines is 1. The summed E-state index contributed by atoms with van der Waals surface area (Å²) in [6, 6.07) is 0. The molecule has 1 fully saturated rings. The smallest absolute Gasteiger partial charge is 0.256 e. The molecule has 0 spiro atoms. The van der Waals surface area contributed by atoms with E-state index in [1.165, 1.54) is 0 Å². The molecule has 1 aromatic rings. The van der Waals surface area contributed by atoms with Crippen LogP contribution in [0.25, 0.3) is 0 Å². The molecule has 0 aliphatic carbocycles. The Hall–Kier alpha value is -1.36. The number of carbonyl (C=O) groups excluding carboxylic acids is 1. The number of hydrogen-bond donors (Lipinski definition) is 2. The van der Waals surface area contributed by atoms with Crippen LogP contribution in [0.1, 0.15) is 34.8 Å². The Bertz CT molecular complexity index is 366. The lowest BCUT2D eigenvalue weighted by Crippen LogP contribution is -2.29. The number of carbonyl (C=O) groups is 1. The van der Waals surface area contributed by atoms with Gasteiger partial charge >= 0.3 is 0 Å². The number of piperidine rings is 1. The van der Waals surface area contributed by atoms with Crippen molar-refractivity contribution in [2.45, 2.75) is 18.8 Å². The summed E-state index contributed by atoms with van der Waals surface area (Å²) in [5, 5.41) is 10.3. The predicted molar refractivity (Wildman–Crippen MR) is 61.4 cm³/mol. The van der Waals surface area contributed by atoms with Gasteiger partial charge in [0, 0.05) is 20.0 Å². The molecule has 1 amide bonds. The van der Waals surface area contributed by atoms with Gasteiger partial charge < -0.3 is 10.2 Å². The van der Waals surface area contributed by atoms with Gasteiger partial charge in [0.25, 0.3) is 5.91 Å². The van der Waals surface area contributed by atoms with Crippen LogP contribution in [0.3, 0.4) is 0 Å². The molecular weight excluding hydrogens is 204 g/mol. The fraction of sp³-hybridized carbons (Fsp3) is 0.636. The van der Waals surface area contributed by atoms with Gasteiger partial charge in [-0.05, 0) is 25.9 Å². The number of hydrogen-bond acceptors (Lipinski definition) is 3. The molecule has 1 saturated heterocycles. The minimum absolute atomic E-state index is 0.0299. The molecule has 0 saturated carbocycles. The van der Waals surface area contributed by atoms with E-state index < -0.39 is 0 Å². The van der Waals surface area contributed by atoms with Crippen LogP contribution in [0.15, 0.2) is 6.20 Å². The maximum absolute atomic E-state index is 11.9. The van der Waals surface area contributed by atoms with Gasteiger partial charge in [0.15, 0.2) is 0 Å². The van der Waals surface area contributed by atoms with Gasteiger partial charge in [0.1, 0.15) is 0 Å². The zero-order valence-electron chi connectivity index (χ0n) is 9.79. The average Bonchev–Trinajstić information content (AvgIpc) is 2.77. The zero-order chi connectivity index (χ0) is 11.5. The number of amides is 1.